The van der Waals surface area contributed by atoms with E-state index >= 15 is 0 Å². The van der Waals surface area contributed by atoms with Crippen LogP contribution in [0, 0.1) is 0 Å². The Hall–Kier alpha value is -3.24. The lowest BCUT2D eigenvalue weighted by molar-refractivity contribution is -0.119. The molecular weight excluding hydrogens is 460 g/mol. The highest BCUT2D eigenvalue weighted by atomic mass is 32.2. The minimum absolute atomic E-state index is 0.0117. The molecule has 182 valence electrons. The molecule has 0 unspecified atom stereocenters. The zero-order valence-electron chi connectivity index (χ0n) is 19.2. The first kappa shape index (κ1) is 25.4. The van der Waals surface area contributed by atoms with Gasteiger partial charge in [0.2, 0.25) is 10.0 Å². The highest BCUT2D eigenvalue weighted by molar-refractivity contribution is 7.89. The molecule has 0 saturated heterocycles. The summed E-state index contributed by atoms with van der Waals surface area (Å²) in [7, 11) is -1.10. The van der Waals surface area contributed by atoms with Crippen molar-refractivity contribution in [3.8, 4) is 0 Å². The first-order valence-electron chi connectivity index (χ1n) is 11.0. The van der Waals surface area contributed by atoms with Crippen LogP contribution in [0.4, 0.5) is 5.69 Å². The molecule has 0 atom stereocenters. The van der Waals surface area contributed by atoms with Gasteiger partial charge in [-0.15, -0.1) is 0 Å². The van der Waals surface area contributed by atoms with Gasteiger partial charge in [-0.3, -0.25) is 4.79 Å². The van der Waals surface area contributed by atoms with Crippen molar-refractivity contribution in [1.82, 2.24) is 4.31 Å². The third-order valence-electron chi connectivity index (χ3n) is 5.79. The van der Waals surface area contributed by atoms with E-state index in [-0.39, 0.29) is 27.8 Å². The summed E-state index contributed by atoms with van der Waals surface area (Å²) < 4.78 is 37.6. The minimum Gasteiger partial charge on any atom is -0.465 e. The van der Waals surface area contributed by atoms with Crippen molar-refractivity contribution in [3.05, 3.63) is 59.7 Å². The molecule has 9 nitrogen and oxygen atoms in total. The number of rotatable bonds is 8. The highest BCUT2D eigenvalue weighted by Gasteiger charge is 2.31. The number of esters is 2. The second-order valence-corrected chi connectivity index (χ2v) is 9.94. The number of hydrogen-bond acceptors (Lipinski definition) is 7. The quantitative estimate of drug-likeness (QED) is 0.567. The minimum atomic E-state index is -3.85. The lowest BCUT2D eigenvalue weighted by atomic mass is 9.96. The van der Waals surface area contributed by atoms with Crippen LogP contribution in [0.15, 0.2) is 53.4 Å². The number of carbonyl (C=O) groups excluding carboxylic acids is 3. The summed E-state index contributed by atoms with van der Waals surface area (Å²) in [5, 5.41) is 2.52. The molecule has 0 bridgehead atoms. The molecule has 0 heterocycles. The van der Waals surface area contributed by atoms with Gasteiger partial charge in [-0.05, 0) is 37.1 Å². The lowest BCUT2D eigenvalue weighted by Gasteiger charge is -2.30. The summed E-state index contributed by atoms with van der Waals surface area (Å²) in [6, 6.07) is 11.9. The Balaban J connectivity index is 1.70. The van der Waals surface area contributed by atoms with Crippen molar-refractivity contribution in [2.45, 2.75) is 43.0 Å². The number of hydrogen-bond donors (Lipinski definition) is 1. The summed E-state index contributed by atoms with van der Waals surface area (Å²) in [5.74, 6) is -2.31. The van der Waals surface area contributed by atoms with Gasteiger partial charge in [0.05, 0.1) is 23.9 Å². The molecular formula is C24H28N2O7S. The number of amides is 1. The van der Waals surface area contributed by atoms with E-state index in [1.54, 1.807) is 31.3 Å². The van der Waals surface area contributed by atoms with Crippen LogP contribution in [-0.4, -0.2) is 57.4 Å². The molecule has 0 aromatic heterocycles. The second-order valence-electron chi connectivity index (χ2n) is 7.97. The van der Waals surface area contributed by atoms with E-state index in [2.05, 4.69) is 10.1 Å². The standard InChI is InChI=1S/C24H28N2O7S/c1-26(17-10-4-3-5-11-17)34(30,31)21-15-9-8-14-20(21)25-22(27)16-33-24(29)19-13-7-6-12-18(19)23(28)32-2/h6-9,12-15,17H,3-5,10-11,16H2,1-2H3,(H,25,27). The smallest absolute Gasteiger partial charge is 0.339 e. The van der Waals surface area contributed by atoms with Crippen LogP contribution in [0.1, 0.15) is 52.8 Å². The average molecular weight is 489 g/mol. The molecule has 0 spiro atoms. The van der Waals surface area contributed by atoms with Crippen molar-refractivity contribution >= 4 is 33.6 Å². The monoisotopic (exact) mass is 488 g/mol. The SMILES string of the molecule is COC(=O)c1ccccc1C(=O)OCC(=O)Nc1ccccc1S(=O)(=O)N(C)C1CCCCC1. The number of sulfonamides is 1. The molecule has 2 aromatic carbocycles. The first-order valence-corrected chi connectivity index (χ1v) is 12.4. The average Bonchev–Trinajstić information content (AvgIpc) is 2.87. The van der Waals surface area contributed by atoms with Gasteiger partial charge in [0.15, 0.2) is 6.61 Å². The van der Waals surface area contributed by atoms with Gasteiger partial charge in [0.1, 0.15) is 4.90 Å². The molecule has 34 heavy (non-hydrogen) atoms. The molecule has 1 aliphatic rings. The molecule has 10 heteroatoms. The van der Waals surface area contributed by atoms with E-state index < -0.39 is 34.5 Å². The second kappa shape index (κ2) is 11.3. The first-order chi connectivity index (χ1) is 16.3. The number of nitrogens with one attached hydrogen (secondary N) is 1. The van der Waals surface area contributed by atoms with Crippen LogP contribution < -0.4 is 5.32 Å². The number of methoxy groups -OCH3 is 1. The fourth-order valence-corrected chi connectivity index (χ4v) is 5.50. The van der Waals surface area contributed by atoms with Gasteiger partial charge in [-0.2, -0.15) is 4.31 Å². The summed E-state index contributed by atoms with van der Waals surface area (Å²) >= 11 is 0. The maximum atomic E-state index is 13.3. The van der Waals surface area contributed by atoms with Crippen molar-refractivity contribution in [2.75, 3.05) is 26.1 Å². The fraction of sp³-hybridized carbons (Fsp3) is 0.375. The fourth-order valence-electron chi connectivity index (χ4n) is 3.94. The Labute approximate surface area is 199 Å². The van der Waals surface area contributed by atoms with Crippen molar-refractivity contribution in [3.63, 3.8) is 0 Å². The zero-order chi connectivity index (χ0) is 24.7. The van der Waals surface area contributed by atoms with Gasteiger partial charge in [-0.1, -0.05) is 43.5 Å². The van der Waals surface area contributed by atoms with Gasteiger partial charge < -0.3 is 14.8 Å². The summed E-state index contributed by atoms with van der Waals surface area (Å²) in [5.41, 5.74) is 0.0676. The van der Waals surface area contributed by atoms with Crippen LogP contribution in [0.3, 0.4) is 0 Å². The molecule has 0 aliphatic heterocycles. The molecule has 3 rings (SSSR count). The molecule has 1 amide bonds. The topological polar surface area (TPSA) is 119 Å². The van der Waals surface area contributed by atoms with Crippen molar-refractivity contribution in [2.24, 2.45) is 0 Å². The number of benzene rings is 2. The molecule has 1 aliphatic carbocycles. The van der Waals surface area contributed by atoms with E-state index in [0.29, 0.717) is 0 Å². The molecule has 1 fully saturated rings. The Bertz CT molecular complexity index is 1160. The van der Waals surface area contributed by atoms with Gasteiger partial charge >= 0.3 is 11.9 Å². The van der Waals surface area contributed by atoms with Crippen LogP contribution in [0.2, 0.25) is 0 Å². The lowest BCUT2D eigenvalue weighted by Crippen LogP contribution is -2.38. The van der Waals surface area contributed by atoms with E-state index in [0.717, 1.165) is 32.1 Å². The third kappa shape index (κ3) is 5.81. The van der Waals surface area contributed by atoms with E-state index in [4.69, 9.17) is 4.74 Å². The summed E-state index contributed by atoms with van der Waals surface area (Å²) in [6.07, 6.45) is 4.65. The Kier molecular flexibility index (Phi) is 8.41. The number of carbonyl (C=O) groups is 3. The van der Waals surface area contributed by atoms with Gasteiger partial charge in [0.25, 0.3) is 5.91 Å². The number of ether oxygens (including phenoxy) is 2. The predicted molar refractivity (Wildman–Crippen MR) is 125 cm³/mol. The predicted octanol–water partition coefficient (Wildman–Crippen LogP) is 3.22. The Morgan fingerprint density at radius 1 is 0.941 bits per heavy atom. The van der Waals surface area contributed by atoms with E-state index in [9.17, 15) is 22.8 Å². The van der Waals surface area contributed by atoms with Crippen molar-refractivity contribution < 1.29 is 32.3 Å². The van der Waals surface area contributed by atoms with Gasteiger partial charge in [0, 0.05) is 13.1 Å². The normalized spacial score (nSPS) is 14.4. The molecule has 2 aromatic rings. The van der Waals surface area contributed by atoms with Crippen molar-refractivity contribution in [1.29, 1.82) is 0 Å². The number of anilines is 1. The van der Waals surface area contributed by atoms with Gasteiger partial charge in [-0.25, -0.2) is 18.0 Å². The van der Waals surface area contributed by atoms with Crippen LogP contribution >= 0.6 is 0 Å². The molecule has 0 radical (unpaired) electrons. The number of para-hydroxylation sites is 1. The van der Waals surface area contributed by atoms with Crippen LogP contribution in [-0.2, 0) is 24.3 Å². The molecule has 1 saturated carbocycles. The number of nitrogens with zero attached hydrogens (tertiary/aromatic N) is 1. The van der Waals surface area contributed by atoms with Crippen LogP contribution in [0.5, 0.6) is 0 Å². The highest BCUT2D eigenvalue weighted by Crippen LogP contribution is 2.29. The van der Waals surface area contributed by atoms with E-state index in [1.807, 2.05) is 0 Å². The largest absolute Gasteiger partial charge is 0.465 e. The maximum absolute atomic E-state index is 13.3. The zero-order valence-corrected chi connectivity index (χ0v) is 20.0. The van der Waals surface area contributed by atoms with E-state index in [1.165, 1.54) is 35.7 Å². The summed E-state index contributed by atoms with van der Waals surface area (Å²) in [6.45, 7) is -0.665. The maximum Gasteiger partial charge on any atom is 0.339 e. The third-order valence-corrected chi connectivity index (χ3v) is 7.76. The summed E-state index contributed by atoms with van der Waals surface area (Å²) in [4.78, 5) is 36.7. The Morgan fingerprint density at radius 2 is 1.53 bits per heavy atom. The molecule has 1 N–H and O–H groups in total. The Morgan fingerprint density at radius 3 is 2.18 bits per heavy atom. The van der Waals surface area contributed by atoms with Crippen LogP contribution in [0.25, 0.3) is 0 Å².